The third-order valence-corrected chi connectivity index (χ3v) is 8.54. The van der Waals surface area contributed by atoms with E-state index in [2.05, 4.69) is 97.9 Å². The van der Waals surface area contributed by atoms with Crippen molar-refractivity contribution in [3.63, 3.8) is 0 Å². The Morgan fingerprint density at radius 3 is 1.17 bits per heavy atom. The van der Waals surface area contributed by atoms with Crippen molar-refractivity contribution in [1.29, 1.82) is 0 Å². The molecule has 0 heterocycles. The molecule has 0 unspecified atom stereocenters. The summed E-state index contributed by atoms with van der Waals surface area (Å²) >= 11 is 0. The highest BCUT2D eigenvalue weighted by molar-refractivity contribution is 7.95. The van der Waals surface area contributed by atoms with E-state index >= 15 is 0 Å². The van der Waals surface area contributed by atoms with E-state index in [1.54, 1.807) is 7.11 Å². The highest BCUT2D eigenvalue weighted by atomic mass is 31.2. The van der Waals surface area contributed by atoms with Crippen molar-refractivity contribution in [3.8, 4) is 0 Å². The minimum Gasteiger partial charge on any atom is -0.353 e. The van der Waals surface area contributed by atoms with Crippen LogP contribution < -0.4 is 15.9 Å². The zero-order valence-corrected chi connectivity index (χ0v) is 14.4. The van der Waals surface area contributed by atoms with Crippen molar-refractivity contribution in [3.05, 3.63) is 91.0 Å². The van der Waals surface area contributed by atoms with Crippen molar-refractivity contribution >= 4 is 28.3 Å². The molecule has 2 heteroatoms. The molecule has 0 aliphatic rings. The summed E-state index contributed by atoms with van der Waals surface area (Å²) < 4.78 is 5.84. The lowest BCUT2D eigenvalue weighted by Crippen LogP contribution is -2.30. The molecule has 23 heavy (non-hydrogen) atoms. The minimum atomic E-state index is -1.95. The Labute approximate surface area is 138 Å². The molecule has 0 aliphatic carbocycles. The number of benzene rings is 3. The van der Waals surface area contributed by atoms with E-state index in [1.807, 2.05) is 0 Å². The fourth-order valence-electron chi connectivity index (χ4n) is 3.08. The van der Waals surface area contributed by atoms with E-state index in [4.69, 9.17) is 4.74 Å². The lowest BCUT2D eigenvalue weighted by molar-refractivity contribution is 0.410. The van der Waals surface area contributed by atoms with Crippen LogP contribution in [0.15, 0.2) is 91.0 Å². The summed E-state index contributed by atoms with van der Waals surface area (Å²) in [6, 6.07) is 32.2. The summed E-state index contributed by atoms with van der Waals surface area (Å²) in [6.45, 7) is 0.162. The number of rotatable bonds is 4. The fraction of sp³-hybridized carbons (Fsp3) is 0.0952. The molecule has 0 radical (unpaired) electrons. The molecular formula is C21H21OP. The molecule has 0 spiro atoms. The molecule has 0 aromatic heterocycles. The third kappa shape index (κ3) is 2.79. The summed E-state index contributed by atoms with van der Waals surface area (Å²) in [5, 5.41) is 3.95. The lowest BCUT2D eigenvalue weighted by atomic mass is 10.4. The second-order valence-corrected chi connectivity index (χ2v) is 8.92. The monoisotopic (exact) mass is 320 g/mol. The van der Waals surface area contributed by atoms with Crippen LogP contribution in [0.3, 0.4) is 0 Å². The van der Waals surface area contributed by atoms with E-state index in [0.29, 0.717) is 0 Å². The van der Waals surface area contributed by atoms with Crippen LogP contribution in [-0.2, 0) is 4.74 Å². The molecule has 3 aromatic rings. The maximum absolute atomic E-state index is 5.84. The minimum absolute atomic E-state index is 1.07. The number of hydrogen-bond acceptors (Lipinski definition) is 1. The molecule has 0 N–H and O–H groups in total. The topological polar surface area (TPSA) is 9.23 Å². The maximum Gasteiger partial charge on any atom is 0.0574 e. The molecule has 0 fully saturated rings. The molecule has 0 aliphatic heterocycles. The average molecular weight is 320 g/mol. The smallest absolute Gasteiger partial charge is 0.0574 e. The van der Waals surface area contributed by atoms with Gasteiger partial charge in [0.05, 0.1) is 5.48 Å². The number of ether oxygens (including phenoxy) is 1. The van der Waals surface area contributed by atoms with Gasteiger partial charge in [-0.2, -0.15) is 0 Å². The van der Waals surface area contributed by atoms with E-state index < -0.39 is 6.89 Å². The lowest BCUT2D eigenvalue weighted by Gasteiger charge is -2.30. The molecular weight excluding hydrogens is 299 g/mol. The van der Waals surface area contributed by atoms with Gasteiger partial charge in [0.1, 0.15) is 0 Å². The first kappa shape index (κ1) is 15.8. The Kier molecular flexibility index (Phi) is 4.81. The Morgan fingerprint density at radius 1 is 0.609 bits per heavy atom. The van der Waals surface area contributed by atoms with Gasteiger partial charge in [-0.3, -0.25) is 0 Å². The highest BCUT2D eigenvalue weighted by Crippen LogP contribution is 2.46. The van der Waals surface area contributed by atoms with Crippen LogP contribution >= 0.6 is 6.89 Å². The van der Waals surface area contributed by atoms with E-state index in [9.17, 15) is 0 Å². The van der Waals surface area contributed by atoms with Gasteiger partial charge in [0.25, 0.3) is 0 Å². The first-order valence-corrected chi connectivity index (χ1v) is 9.53. The summed E-state index contributed by atoms with van der Waals surface area (Å²) in [5.41, 5.74) is 1.07. The van der Waals surface area contributed by atoms with Gasteiger partial charge in [-0.05, 0) is 22.8 Å². The SMILES string of the molecule is COC(C)=P(c1ccccc1)(c1ccccc1)c1ccccc1. The summed E-state index contributed by atoms with van der Waals surface area (Å²) in [6.07, 6.45) is 0. The first-order chi connectivity index (χ1) is 11.3. The van der Waals surface area contributed by atoms with Gasteiger partial charge in [-0.1, -0.05) is 91.0 Å². The normalized spacial score (nSPS) is 11.2. The molecule has 0 atom stereocenters. The summed E-state index contributed by atoms with van der Waals surface area (Å²) in [7, 11) is 1.78. The summed E-state index contributed by atoms with van der Waals surface area (Å²) in [4.78, 5) is 0. The van der Waals surface area contributed by atoms with Crippen LogP contribution in [0.2, 0.25) is 0 Å². The molecule has 0 bridgehead atoms. The fourth-order valence-corrected chi connectivity index (χ4v) is 7.20. The van der Waals surface area contributed by atoms with Crippen LogP contribution in [-0.4, -0.2) is 12.6 Å². The first-order valence-electron chi connectivity index (χ1n) is 7.74. The zero-order valence-electron chi connectivity index (χ0n) is 13.5. The van der Waals surface area contributed by atoms with E-state index in [0.717, 1.165) is 5.48 Å². The largest absolute Gasteiger partial charge is 0.353 e. The van der Waals surface area contributed by atoms with Crippen molar-refractivity contribution in [2.75, 3.05) is 7.11 Å². The number of hydrogen-bond donors (Lipinski definition) is 0. The van der Waals surface area contributed by atoms with Crippen LogP contribution in [0.1, 0.15) is 6.92 Å². The Morgan fingerprint density at radius 2 is 0.913 bits per heavy atom. The standard InChI is InChI=1S/C21H21OP/c1-18(22-2)23(19-12-6-3-7-13-19,20-14-8-4-9-15-20)21-16-10-5-11-17-21/h3-17H,1-2H3. The predicted molar refractivity (Wildman–Crippen MR) is 103 cm³/mol. The van der Waals surface area contributed by atoms with Gasteiger partial charge in [0.15, 0.2) is 0 Å². The molecule has 0 saturated heterocycles. The van der Waals surface area contributed by atoms with Crippen molar-refractivity contribution in [1.82, 2.24) is 0 Å². The van der Waals surface area contributed by atoms with Crippen LogP contribution in [0.5, 0.6) is 0 Å². The highest BCUT2D eigenvalue weighted by Gasteiger charge is 2.28. The van der Waals surface area contributed by atoms with E-state index in [-0.39, 0.29) is 0 Å². The van der Waals surface area contributed by atoms with Crippen molar-refractivity contribution in [2.24, 2.45) is 0 Å². The zero-order chi connectivity index (χ0) is 16.1. The predicted octanol–water partition coefficient (Wildman–Crippen LogP) is 3.78. The van der Waals surface area contributed by atoms with Crippen molar-refractivity contribution in [2.45, 2.75) is 6.92 Å². The Balaban J connectivity index is 2.47. The van der Waals surface area contributed by atoms with Crippen LogP contribution in [0, 0.1) is 0 Å². The quantitative estimate of drug-likeness (QED) is 0.665. The second-order valence-electron chi connectivity index (χ2n) is 5.40. The molecule has 0 amide bonds. The molecule has 1 nitrogen and oxygen atoms in total. The molecule has 0 saturated carbocycles. The van der Waals surface area contributed by atoms with Gasteiger partial charge in [-0.25, -0.2) is 0 Å². The van der Waals surface area contributed by atoms with E-state index in [1.165, 1.54) is 15.9 Å². The van der Waals surface area contributed by atoms with Gasteiger partial charge >= 0.3 is 0 Å². The second kappa shape index (κ2) is 7.00. The van der Waals surface area contributed by atoms with Gasteiger partial charge in [-0.15, -0.1) is 0 Å². The van der Waals surface area contributed by atoms with Crippen LogP contribution in [0.4, 0.5) is 0 Å². The van der Waals surface area contributed by atoms with Gasteiger partial charge in [0, 0.05) is 14.0 Å². The van der Waals surface area contributed by atoms with Crippen molar-refractivity contribution < 1.29 is 4.74 Å². The molecule has 3 rings (SSSR count). The average Bonchev–Trinajstić information content (AvgIpc) is 2.65. The maximum atomic E-state index is 5.84. The van der Waals surface area contributed by atoms with Crippen LogP contribution in [0.25, 0.3) is 0 Å². The number of methoxy groups -OCH3 is 1. The molecule has 3 aromatic carbocycles. The Bertz CT molecular complexity index is 705. The molecule has 116 valence electrons. The third-order valence-electron chi connectivity index (χ3n) is 4.20. The van der Waals surface area contributed by atoms with Gasteiger partial charge in [0.2, 0.25) is 0 Å². The Hall–Kier alpha value is -2.08. The summed E-state index contributed by atoms with van der Waals surface area (Å²) in [5.74, 6) is 0. The van der Waals surface area contributed by atoms with Gasteiger partial charge < -0.3 is 4.74 Å².